The molecule has 0 spiro atoms. The minimum atomic E-state index is -0.191. The van der Waals surface area contributed by atoms with Gasteiger partial charge in [-0.25, -0.2) is 0 Å². The van der Waals surface area contributed by atoms with Crippen molar-refractivity contribution in [1.82, 2.24) is 0 Å². The third-order valence-corrected chi connectivity index (χ3v) is 4.95. The number of rotatable bonds is 4. The fourth-order valence-corrected chi connectivity index (χ4v) is 3.54. The van der Waals surface area contributed by atoms with E-state index in [-0.39, 0.29) is 42.5 Å². The molecule has 1 aliphatic carbocycles. The highest BCUT2D eigenvalue weighted by atomic mass is 16.2. The van der Waals surface area contributed by atoms with Crippen LogP contribution < -0.4 is 16.0 Å². The largest absolute Gasteiger partial charge is 0.327 e. The van der Waals surface area contributed by atoms with Crippen LogP contribution in [0.4, 0.5) is 11.4 Å². The first-order chi connectivity index (χ1) is 11.5. The topological polar surface area (TPSA) is 92.5 Å². The zero-order chi connectivity index (χ0) is 17.3. The van der Waals surface area contributed by atoms with Gasteiger partial charge in [0.05, 0.1) is 5.69 Å². The van der Waals surface area contributed by atoms with Crippen LogP contribution >= 0.6 is 0 Å². The van der Waals surface area contributed by atoms with Gasteiger partial charge in [0.15, 0.2) is 0 Å². The summed E-state index contributed by atoms with van der Waals surface area (Å²) in [6.07, 6.45) is 3.94. The molecule has 0 unspecified atom stereocenters. The van der Waals surface area contributed by atoms with Crippen LogP contribution in [0.15, 0.2) is 18.2 Å². The van der Waals surface area contributed by atoms with E-state index in [1.165, 1.54) is 4.90 Å². The molecule has 1 saturated heterocycles. The van der Waals surface area contributed by atoms with Crippen LogP contribution in [-0.2, 0) is 14.4 Å². The number of carbonyl (C=O) groups is 3. The van der Waals surface area contributed by atoms with Crippen molar-refractivity contribution in [3.8, 4) is 0 Å². The van der Waals surface area contributed by atoms with E-state index in [1.54, 1.807) is 12.1 Å². The first-order valence-corrected chi connectivity index (χ1v) is 8.47. The number of nitrogens with zero attached hydrogens (tertiary/aromatic N) is 1. The summed E-state index contributed by atoms with van der Waals surface area (Å²) in [4.78, 5) is 37.3. The molecule has 0 bridgehead atoms. The van der Waals surface area contributed by atoms with E-state index in [2.05, 4.69) is 5.32 Å². The van der Waals surface area contributed by atoms with E-state index in [9.17, 15) is 14.4 Å². The van der Waals surface area contributed by atoms with Gasteiger partial charge in [-0.15, -0.1) is 0 Å². The molecule has 1 aromatic carbocycles. The number of carbonyl (C=O) groups excluding carboxylic acids is 3. The van der Waals surface area contributed by atoms with E-state index < -0.39 is 0 Å². The van der Waals surface area contributed by atoms with Crippen molar-refractivity contribution >= 4 is 29.1 Å². The van der Waals surface area contributed by atoms with E-state index >= 15 is 0 Å². The molecule has 2 aliphatic rings. The van der Waals surface area contributed by atoms with Gasteiger partial charge in [0.1, 0.15) is 0 Å². The summed E-state index contributed by atoms with van der Waals surface area (Å²) in [5.74, 6) is -0.227. The molecular weight excluding hydrogens is 306 g/mol. The number of benzene rings is 1. The second-order valence-electron chi connectivity index (χ2n) is 6.73. The number of imide groups is 1. The first kappa shape index (κ1) is 16.6. The molecule has 1 heterocycles. The highest BCUT2D eigenvalue weighted by Gasteiger charge is 2.31. The van der Waals surface area contributed by atoms with Crippen LogP contribution in [0.1, 0.15) is 44.1 Å². The van der Waals surface area contributed by atoms with Crippen LogP contribution in [0.25, 0.3) is 0 Å². The van der Waals surface area contributed by atoms with Gasteiger partial charge in [0.25, 0.3) is 0 Å². The van der Waals surface area contributed by atoms with E-state index in [0.29, 0.717) is 17.8 Å². The quantitative estimate of drug-likeness (QED) is 0.827. The molecule has 0 radical (unpaired) electrons. The van der Waals surface area contributed by atoms with Crippen molar-refractivity contribution in [1.29, 1.82) is 0 Å². The number of hydrogen-bond acceptors (Lipinski definition) is 4. The SMILES string of the molecule is Cc1ccc(NC(=O)C[C@@H]2CCC[C@H]2N)cc1N1C(=O)CCC1=O. The molecule has 6 nitrogen and oxygen atoms in total. The van der Waals surface area contributed by atoms with Gasteiger partial charge in [-0.05, 0) is 43.4 Å². The Balaban J connectivity index is 1.72. The van der Waals surface area contributed by atoms with Gasteiger partial charge in [0, 0.05) is 31.0 Å². The van der Waals surface area contributed by atoms with Crippen LogP contribution in [0.5, 0.6) is 0 Å². The molecule has 1 saturated carbocycles. The molecule has 1 aliphatic heterocycles. The fourth-order valence-electron chi connectivity index (χ4n) is 3.54. The molecule has 0 aromatic heterocycles. The fraction of sp³-hybridized carbons (Fsp3) is 0.500. The van der Waals surface area contributed by atoms with Gasteiger partial charge in [-0.1, -0.05) is 12.5 Å². The summed E-state index contributed by atoms with van der Waals surface area (Å²) in [5.41, 5.74) is 7.99. The summed E-state index contributed by atoms with van der Waals surface area (Å²) in [7, 11) is 0. The van der Waals surface area contributed by atoms with Crippen LogP contribution in [0.2, 0.25) is 0 Å². The van der Waals surface area contributed by atoms with Crippen LogP contribution in [-0.4, -0.2) is 23.8 Å². The molecule has 3 N–H and O–H groups in total. The van der Waals surface area contributed by atoms with Crippen molar-refractivity contribution in [3.63, 3.8) is 0 Å². The maximum Gasteiger partial charge on any atom is 0.234 e. The molecule has 24 heavy (non-hydrogen) atoms. The van der Waals surface area contributed by atoms with Gasteiger partial charge in [0.2, 0.25) is 17.7 Å². The smallest absolute Gasteiger partial charge is 0.234 e. The lowest BCUT2D eigenvalue weighted by molar-refractivity contribution is -0.121. The lowest BCUT2D eigenvalue weighted by Gasteiger charge is -2.19. The average molecular weight is 329 g/mol. The normalized spacial score (nSPS) is 23.8. The molecule has 3 rings (SSSR count). The van der Waals surface area contributed by atoms with Crippen molar-refractivity contribution in [2.75, 3.05) is 10.2 Å². The Morgan fingerprint density at radius 2 is 1.96 bits per heavy atom. The van der Waals surface area contributed by atoms with Crippen molar-refractivity contribution in [3.05, 3.63) is 23.8 Å². The molecule has 3 amide bonds. The van der Waals surface area contributed by atoms with Crippen molar-refractivity contribution in [2.45, 2.75) is 51.5 Å². The van der Waals surface area contributed by atoms with Gasteiger partial charge in [-0.2, -0.15) is 0 Å². The van der Waals surface area contributed by atoms with Crippen LogP contribution in [0.3, 0.4) is 0 Å². The maximum absolute atomic E-state index is 12.2. The third kappa shape index (κ3) is 3.33. The lowest BCUT2D eigenvalue weighted by atomic mass is 10.00. The van der Waals surface area contributed by atoms with Crippen molar-refractivity contribution < 1.29 is 14.4 Å². The zero-order valence-electron chi connectivity index (χ0n) is 13.9. The number of nitrogens with two attached hydrogens (primary N) is 1. The number of amides is 3. The Morgan fingerprint density at radius 3 is 2.58 bits per heavy atom. The monoisotopic (exact) mass is 329 g/mol. The minimum absolute atomic E-state index is 0.0776. The summed E-state index contributed by atoms with van der Waals surface area (Å²) >= 11 is 0. The van der Waals surface area contributed by atoms with Gasteiger partial charge in [-0.3, -0.25) is 19.3 Å². The molecule has 2 atom stereocenters. The van der Waals surface area contributed by atoms with Crippen molar-refractivity contribution in [2.24, 2.45) is 11.7 Å². The summed E-state index contributed by atoms with van der Waals surface area (Å²) in [6.45, 7) is 1.84. The van der Waals surface area contributed by atoms with Gasteiger partial charge >= 0.3 is 0 Å². The Labute approximate surface area is 141 Å². The van der Waals surface area contributed by atoms with E-state index in [0.717, 1.165) is 24.8 Å². The van der Waals surface area contributed by atoms with E-state index in [4.69, 9.17) is 5.73 Å². The predicted molar refractivity (Wildman–Crippen MR) is 91.5 cm³/mol. The van der Waals surface area contributed by atoms with Gasteiger partial charge < -0.3 is 11.1 Å². The molecular formula is C18H23N3O3. The average Bonchev–Trinajstić information content (AvgIpc) is 3.08. The summed E-state index contributed by atoms with van der Waals surface area (Å²) < 4.78 is 0. The predicted octanol–water partition coefficient (Wildman–Crippen LogP) is 2.10. The maximum atomic E-state index is 12.2. The zero-order valence-corrected chi connectivity index (χ0v) is 13.9. The number of nitrogens with one attached hydrogen (secondary N) is 1. The number of hydrogen-bond donors (Lipinski definition) is 2. The number of anilines is 2. The number of aryl methyl sites for hydroxylation is 1. The summed E-state index contributed by atoms with van der Waals surface area (Å²) in [5, 5.41) is 2.87. The second kappa shape index (κ2) is 6.73. The lowest BCUT2D eigenvalue weighted by Crippen LogP contribution is -2.30. The van der Waals surface area contributed by atoms with Crippen LogP contribution in [0, 0.1) is 12.8 Å². The van der Waals surface area contributed by atoms with E-state index in [1.807, 2.05) is 13.0 Å². The Hall–Kier alpha value is -2.21. The summed E-state index contributed by atoms with van der Waals surface area (Å²) in [6, 6.07) is 5.40. The standard InChI is InChI=1S/C18H23N3O3/c1-11-5-6-13(10-15(11)21-17(23)7-8-18(21)24)20-16(22)9-12-3-2-4-14(12)19/h5-6,10,12,14H,2-4,7-9,19H2,1H3,(H,20,22)/t12-,14+/m0/s1. The minimum Gasteiger partial charge on any atom is -0.327 e. The Morgan fingerprint density at radius 1 is 1.25 bits per heavy atom. The Kier molecular flexibility index (Phi) is 4.66. The molecule has 1 aromatic rings. The molecule has 2 fully saturated rings. The molecule has 128 valence electrons. The highest BCUT2D eigenvalue weighted by Crippen LogP contribution is 2.30. The Bertz CT molecular complexity index is 670. The molecule has 6 heteroatoms. The second-order valence-corrected chi connectivity index (χ2v) is 6.73. The third-order valence-electron chi connectivity index (χ3n) is 4.95. The highest BCUT2D eigenvalue weighted by molar-refractivity contribution is 6.20. The first-order valence-electron chi connectivity index (χ1n) is 8.47.